The zero-order chi connectivity index (χ0) is 17.4. The molecule has 0 unspecified atom stereocenters. The standard InChI is InChI=1S/C18H16N4O3/c1-25-12-4-2-3-11(9-12)20-18(24)16-15(23)6-8-22-14-5-7-19-10-13(14)21-17(16)22/h2-5,7,9-10,23H,6,8H2,1H3,(H,20,24). The molecule has 0 spiro atoms. The molecule has 2 N–H and O–H groups in total. The number of benzene rings is 1. The molecule has 0 saturated carbocycles. The molecular formula is C18H16N4O3. The minimum Gasteiger partial charge on any atom is -0.511 e. The quantitative estimate of drug-likeness (QED) is 0.768. The molecule has 25 heavy (non-hydrogen) atoms. The number of aliphatic hydroxyl groups excluding tert-OH is 1. The van der Waals surface area contributed by atoms with Crippen LogP contribution >= 0.6 is 0 Å². The fraction of sp³-hybridized carbons (Fsp3) is 0.167. The van der Waals surface area contributed by atoms with E-state index >= 15 is 0 Å². The highest BCUT2D eigenvalue weighted by Crippen LogP contribution is 2.30. The van der Waals surface area contributed by atoms with Crippen molar-refractivity contribution >= 4 is 28.2 Å². The van der Waals surface area contributed by atoms with Crippen molar-refractivity contribution in [1.82, 2.24) is 14.5 Å². The Kier molecular flexibility index (Phi) is 3.61. The third-order valence-corrected chi connectivity index (χ3v) is 4.19. The van der Waals surface area contributed by atoms with Gasteiger partial charge in [-0.25, -0.2) is 4.98 Å². The largest absolute Gasteiger partial charge is 0.511 e. The van der Waals surface area contributed by atoms with Crippen molar-refractivity contribution in [3.05, 3.63) is 54.3 Å². The van der Waals surface area contributed by atoms with Crippen molar-refractivity contribution in [2.45, 2.75) is 13.0 Å². The molecule has 1 aliphatic heterocycles. The number of nitrogens with zero attached hydrogens (tertiary/aromatic N) is 3. The Morgan fingerprint density at radius 3 is 3.08 bits per heavy atom. The molecule has 7 heteroatoms. The second-order valence-electron chi connectivity index (χ2n) is 5.71. The number of hydrogen-bond donors (Lipinski definition) is 2. The third-order valence-electron chi connectivity index (χ3n) is 4.19. The van der Waals surface area contributed by atoms with Crippen LogP contribution in [-0.2, 0) is 11.3 Å². The first-order chi connectivity index (χ1) is 12.2. The van der Waals surface area contributed by atoms with Crippen LogP contribution in [0.1, 0.15) is 12.2 Å². The van der Waals surface area contributed by atoms with Gasteiger partial charge in [-0.05, 0) is 18.2 Å². The summed E-state index contributed by atoms with van der Waals surface area (Å²) >= 11 is 0. The Balaban J connectivity index is 1.73. The summed E-state index contributed by atoms with van der Waals surface area (Å²) < 4.78 is 7.09. The number of aromatic nitrogens is 3. The lowest BCUT2D eigenvalue weighted by Gasteiger charge is -2.18. The molecule has 0 saturated heterocycles. The van der Waals surface area contributed by atoms with E-state index in [2.05, 4.69) is 15.3 Å². The number of nitrogens with one attached hydrogen (secondary N) is 1. The van der Waals surface area contributed by atoms with Crippen LogP contribution < -0.4 is 10.1 Å². The van der Waals surface area contributed by atoms with Crippen LogP contribution in [0.2, 0.25) is 0 Å². The number of pyridine rings is 1. The number of aryl methyl sites for hydroxylation is 1. The van der Waals surface area contributed by atoms with Gasteiger partial charge in [-0.2, -0.15) is 0 Å². The summed E-state index contributed by atoms with van der Waals surface area (Å²) in [7, 11) is 1.56. The average molecular weight is 336 g/mol. The first kappa shape index (κ1) is 15.2. The van der Waals surface area contributed by atoms with Crippen molar-refractivity contribution in [3.8, 4) is 5.75 Å². The predicted molar refractivity (Wildman–Crippen MR) is 93.3 cm³/mol. The van der Waals surface area contributed by atoms with Crippen molar-refractivity contribution in [2.75, 3.05) is 12.4 Å². The monoisotopic (exact) mass is 336 g/mol. The van der Waals surface area contributed by atoms with Gasteiger partial charge in [0.25, 0.3) is 5.91 Å². The number of hydrogen-bond acceptors (Lipinski definition) is 5. The number of methoxy groups -OCH3 is 1. The first-order valence-corrected chi connectivity index (χ1v) is 7.85. The Hall–Kier alpha value is -3.35. The average Bonchev–Trinajstić information content (AvgIpc) is 3.00. The van der Waals surface area contributed by atoms with Gasteiger partial charge in [0.15, 0.2) is 0 Å². The zero-order valence-electron chi connectivity index (χ0n) is 13.6. The topological polar surface area (TPSA) is 89.3 Å². The second-order valence-corrected chi connectivity index (χ2v) is 5.71. The van der Waals surface area contributed by atoms with E-state index in [9.17, 15) is 9.90 Å². The number of anilines is 1. The number of amides is 1. The molecule has 0 radical (unpaired) electrons. The summed E-state index contributed by atoms with van der Waals surface area (Å²) in [6.07, 6.45) is 3.71. The number of ether oxygens (including phenoxy) is 1. The molecule has 1 aliphatic rings. The smallest absolute Gasteiger partial charge is 0.262 e. The van der Waals surface area contributed by atoms with Crippen LogP contribution in [0.15, 0.2) is 48.5 Å². The van der Waals surface area contributed by atoms with Crippen LogP contribution in [-0.4, -0.2) is 32.7 Å². The number of allylic oxidation sites excluding steroid dienone is 1. The summed E-state index contributed by atoms with van der Waals surface area (Å²) in [5.41, 5.74) is 2.35. The van der Waals surface area contributed by atoms with Crippen LogP contribution in [0, 0.1) is 0 Å². The highest BCUT2D eigenvalue weighted by Gasteiger charge is 2.28. The Morgan fingerprint density at radius 2 is 2.24 bits per heavy atom. The molecule has 0 fully saturated rings. The Bertz CT molecular complexity index is 1010. The van der Waals surface area contributed by atoms with Crippen LogP contribution in [0.4, 0.5) is 5.69 Å². The van der Waals surface area contributed by atoms with Gasteiger partial charge in [-0.1, -0.05) is 6.07 Å². The lowest BCUT2D eigenvalue weighted by atomic mass is 10.1. The summed E-state index contributed by atoms with van der Waals surface area (Å²) in [5.74, 6) is 0.719. The predicted octanol–water partition coefficient (Wildman–Crippen LogP) is 2.75. The molecule has 0 atom stereocenters. The third kappa shape index (κ3) is 2.59. The molecule has 7 nitrogen and oxygen atoms in total. The number of fused-ring (bicyclic) bond motifs is 3. The molecule has 3 aromatic rings. The normalized spacial score (nSPS) is 13.6. The molecule has 1 aromatic carbocycles. The minimum atomic E-state index is -0.407. The highest BCUT2D eigenvalue weighted by molar-refractivity contribution is 6.25. The van der Waals surface area contributed by atoms with Gasteiger partial charge in [-0.3, -0.25) is 9.78 Å². The molecule has 1 amide bonds. The number of imidazole rings is 1. The van der Waals surface area contributed by atoms with Gasteiger partial charge in [0, 0.05) is 30.9 Å². The summed E-state index contributed by atoms with van der Waals surface area (Å²) in [5, 5.41) is 13.1. The highest BCUT2D eigenvalue weighted by atomic mass is 16.5. The number of aliphatic hydroxyl groups is 1. The fourth-order valence-corrected chi connectivity index (χ4v) is 3.00. The Morgan fingerprint density at radius 1 is 1.36 bits per heavy atom. The van der Waals surface area contributed by atoms with E-state index in [1.807, 2.05) is 10.6 Å². The van der Waals surface area contributed by atoms with Crippen LogP contribution in [0.5, 0.6) is 5.75 Å². The number of carbonyl (C=O) groups excluding carboxylic acids is 1. The molecule has 3 heterocycles. The second kappa shape index (κ2) is 5.94. The maximum atomic E-state index is 12.8. The first-order valence-electron chi connectivity index (χ1n) is 7.85. The van der Waals surface area contributed by atoms with E-state index in [4.69, 9.17) is 4.74 Å². The van der Waals surface area contributed by atoms with Crippen molar-refractivity contribution in [1.29, 1.82) is 0 Å². The molecular weight excluding hydrogens is 320 g/mol. The van der Waals surface area contributed by atoms with Crippen molar-refractivity contribution in [2.24, 2.45) is 0 Å². The van der Waals surface area contributed by atoms with E-state index in [1.165, 1.54) is 0 Å². The van der Waals surface area contributed by atoms with Crippen molar-refractivity contribution in [3.63, 3.8) is 0 Å². The lowest BCUT2D eigenvalue weighted by Crippen LogP contribution is -2.22. The van der Waals surface area contributed by atoms with E-state index in [-0.39, 0.29) is 11.3 Å². The molecule has 2 aromatic heterocycles. The van der Waals surface area contributed by atoms with Gasteiger partial charge in [0.1, 0.15) is 28.4 Å². The fourth-order valence-electron chi connectivity index (χ4n) is 3.00. The SMILES string of the molecule is COc1cccc(NC(=O)C2=C(O)CCn3c2nc2cnccc23)c1. The molecule has 0 bridgehead atoms. The summed E-state index contributed by atoms with van der Waals surface area (Å²) in [6.45, 7) is 0.567. The molecule has 4 rings (SSSR count). The van der Waals surface area contributed by atoms with E-state index in [0.29, 0.717) is 35.7 Å². The molecule has 126 valence electrons. The number of rotatable bonds is 3. The minimum absolute atomic E-state index is 0.0381. The maximum Gasteiger partial charge on any atom is 0.262 e. The van der Waals surface area contributed by atoms with Crippen molar-refractivity contribution < 1.29 is 14.6 Å². The van der Waals surface area contributed by atoms with Gasteiger partial charge in [0.2, 0.25) is 0 Å². The van der Waals surface area contributed by atoms with Gasteiger partial charge < -0.3 is 19.7 Å². The summed E-state index contributed by atoms with van der Waals surface area (Å²) in [4.78, 5) is 21.3. The van der Waals surface area contributed by atoms with Crippen LogP contribution in [0.25, 0.3) is 16.6 Å². The van der Waals surface area contributed by atoms with Gasteiger partial charge >= 0.3 is 0 Å². The van der Waals surface area contributed by atoms with Crippen LogP contribution in [0.3, 0.4) is 0 Å². The molecule has 0 aliphatic carbocycles. The maximum absolute atomic E-state index is 12.8. The lowest BCUT2D eigenvalue weighted by molar-refractivity contribution is -0.111. The zero-order valence-corrected chi connectivity index (χ0v) is 13.6. The summed E-state index contributed by atoms with van der Waals surface area (Å²) in [6, 6.07) is 8.90. The van der Waals surface area contributed by atoms with Gasteiger partial charge in [-0.15, -0.1) is 0 Å². The van der Waals surface area contributed by atoms with E-state index < -0.39 is 5.91 Å². The number of carbonyl (C=O) groups is 1. The Labute approximate surface area is 143 Å². The van der Waals surface area contributed by atoms with E-state index in [1.54, 1.807) is 43.8 Å². The van der Waals surface area contributed by atoms with E-state index in [0.717, 1.165) is 5.52 Å². The van der Waals surface area contributed by atoms with Gasteiger partial charge in [0.05, 0.1) is 18.8 Å².